The Morgan fingerprint density at radius 3 is 2.36 bits per heavy atom. The van der Waals surface area contributed by atoms with E-state index in [1.807, 2.05) is 0 Å². The second kappa shape index (κ2) is 2.81. The third-order valence-corrected chi connectivity index (χ3v) is 4.08. The minimum Gasteiger partial charge on any atom is -0.225 e. The second-order valence-electron chi connectivity index (χ2n) is 1.92. The number of aryl methyl sites for hydroxylation is 1. The van der Waals surface area contributed by atoms with E-state index in [9.17, 15) is 8.42 Å². The summed E-state index contributed by atoms with van der Waals surface area (Å²) in [5, 5.41) is 4.91. The van der Waals surface area contributed by atoms with E-state index in [0.717, 1.165) is 11.5 Å². The van der Waals surface area contributed by atoms with E-state index < -0.39 is 10.0 Å². The molecule has 62 valence electrons. The van der Waals surface area contributed by atoms with Gasteiger partial charge < -0.3 is 0 Å². The maximum absolute atomic E-state index is 10.9. The summed E-state index contributed by atoms with van der Waals surface area (Å²) >= 11 is 4.12. The van der Waals surface area contributed by atoms with Crippen molar-refractivity contribution >= 4 is 37.5 Å². The number of hydrogen-bond donors (Lipinski definition) is 1. The number of halogens is 1. The van der Waals surface area contributed by atoms with E-state index in [1.165, 1.54) is 0 Å². The van der Waals surface area contributed by atoms with E-state index in [2.05, 4.69) is 20.3 Å². The molecule has 1 heterocycles. The second-order valence-corrected chi connectivity index (χ2v) is 5.51. The van der Waals surface area contributed by atoms with Crippen LogP contribution in [-0.2, 0) is 10.0 Å². The SMILES string of the molecule is Cc1nsc(Br)c1S(N)(=O)=O. The third-order valence-electron chi connectivity index (χ3n) is 1.05. The molecule has 7 heteroatoms. The molecule has 0 radical (unpaired) electrons. The molecule has 0 bridgehead atoms. The molecule has 0 fully saturated rings. The van der Waals surface area contributed by atoms with Gasteiger partial charge in [-0.05, 0) is 34.4 Å². The standard InChI is InChI=1S/C4H5BrN2O2S2/c1-2-3(11(6,8)9)4(5)10-7-2/h1H3,(H2,6,8,9). The van der Waals surface area contributed by atoms with Crippen LogP contribution in [0.1, 0.15) is 5.69 Å². The quantitative estimate of drug-likeness (QED) is 0.810. The largest absolute Gasteiger partial charge is 0.241 e. The molecule has 0 aliphatic heterocycles. The van der Waals surface area contributed by atoms with Gasteiger partial charge in [0.05, 0.1) is 5.69 Å². The summed E-state index contributed by atoms with van der Waals surface area (Å²) in [4.78, 5) is 0.0856. The first-order valence-corrected chi connectivity index (χ1v) is 5.69. The van der Waals surface area contributed by atoms with Gasteiger partial charge in [-0.15, -0.1) is 0 Å². The number of nitrogens with two attached hydrogens (primary N) is 1. The Morgan fingerprint density at radius 1 is 1.64 bits per heavy atom. The van der Waals surface area contributed by atoms with Gasteiger partial charge >= 0.3 is 0 Å². The summed E-state index contributed by atoms with van der Waals surface area (Å²) < 4.78 is 26.0. The minimum absolute atomic E-state index is 0.0856. The monoisotopic (exact) mass is 256 g/mol. The zero-order valence-corrected chi connectivity index (χ0v) is 8.75. The van der Waals surface area contributed by atoms with Crippen LogP contribution in [0, 0.1) is 6.92 Å². The van der Waals surface area contributed by atoms with Gasteiger partial charge in [-0.1, -0.05) is 0 Å². The zero-order chi connectivity index (χ0) is 8.65. The number of sulfonamides is 1. The molecule has 0 spiro atoms. The summed E-state index contributed by atoms with van der Waals surface area (Å²) in [7, 11) is -3.62. The Hall–Kier alpha value is 0.0200. The highest BCUT2D eigenvalue weighted by Gasteiger charge is 2.18. The molecule has 11 heavy (non-hydrogen) atoms. The molecule has 0 saturated carbocycles. The van der Waals surface area contributed by atoms with Crippen molar-refractivity contribution in [3.05, 3.63) is 9.48 Å². The van der Waals surface area contributed by atoms with E-state index >= 15 is 0 Å². The first kappa shape index (κ1) is 9.11. The van der Waals surface area contributed by atoms with Gasteiger partial charge in [-0.2, -0.15) is 4.37 Å². The van der Waals surface area contributed by atoms with Crippen LogP contribution in [0.15, 0.2) is 8.68 Å². The van der Waals surface area contributed by atoms with E-state index in [-0.39, 0.29) is 4.90 Å². The molecule has 1 aromatic heterocycles. The molecule has 4 nitrogen and oxygen atoms in total. The van der Waals surface area contributed by atoms with Crippen LogP contribution >= 0.6 is 27.5 Å². The van der Waals surface area contributed by atoms with Gasteiger partial charge in [-0.3, -0.25) is 0 Å². The highest BCUT2D eigenvalue weighted by atomic mass is 79.9. The lowest BCUT2D eigenvalue weighted by Crippen LogP contribution is -2.12. The Morgan fingerprint density at radius 2 is 2.18 bits per heavy atom. The number of hydrogen-bond acceptors (Lipinski definition) is 4. The van der Waals surface area contributed by atoms with Crippen LogP contribution in [0.5, 0.6) is 0 Å². The number of primary sulfonamides is 1. The third kappa shape index (κ3) is 1.78. The fourth-order valence-electron chi connectivity index (χ4n) is 0.651. The van der Waals surface area contributed by atoms with Crippen LogP contribution in [0.3, 0.4) is 0 Å². The van der Waals surface area contributed by atoms with Crippen molar-refractivity contribution in [2.45, 2.75) is 11.8 Å². The summed E-state index contributed by atoms with van der Waals surface area (Å²) in [5.41, 5.74) is 0.435. The summed E-state index contributed by atoms with van der Waals surface area (Å²) in [6.07, 6.45) is 0. The lowest BCUT2D eigenvalue weighted by Gasteiger charge is -1.93. The van der Waals surface area contributed by atoms with Crippen molar-refractivity contribution in [1.29, 1.82) is 0 Å². The predicted molar refractivity (Wildman–Crippen MR) is 45.9 cm³/mol. The van der Waals surface area contributed by atoms with Crippen molar-refractivity contribution in [2.75, 3.05) is 0 Å². The van der Waals surface area contributed by atoms with Crippen molar-refractivity contribution in [2.24, 2.45) is 5.14 Å². The maximum atomic E-state index is 10.9. The topological polar surface area (TPSA) is 73.0 Å². The number of rotatable bonds is 1. The van der Waals surface area contributed by atoms with Gasteiger partial charge in [0.15, 0.2) is 0 Å². The number of nitrogens with zero attached hydrogens (tertiary/aromatic N) is 1. The smallest absolute Gasteiger partial charge is 0.225 e. The molecule has 1 rings (SSSR count). The Balaban J connectivity index is 3.45. The van der Waals surface area contributed by atoms with Gasteiger partial charge in [0.2, 0.25) is 10.0 Å². The normalized spacial score (nSPS) is 11.9. The molecule has 0 amide bonds. The molecule has 0 atom stereocenters. The summed E-state index contributed by atoms with van der Waals surface area (Å²) in [5.74, 6) is 0. The fraction of sp³-hybridized carbons (Fsp3) is 0.250. The Labute approximate surface area is 76.8 Å². The lowest BCUT2D eigenvalue weighted by molar-refractivity contribution is 0.597. The molecule has 0 saturated heterocycles. The molecule has 2 N–H and O–H groups in total. The van der Waals surface area contributed by atoms with Gasteiger partial charge in [0.1, 0.15) is 8.68 Å². The van der Waals surface area contributed by atoms with Gasteiger partial charge in [0.25, 0.3) is 0 Å². The summed E-state index contributed by atoms with van der Waals surface area (Å²) in [6.45, 7) is 1.60. The molecule has 0 aromatic carbocycles. The Kier molecular flexibility index (Phi) is 2.33. The molecular formula is C4H5BrN2O2S2. The highest BCUT2D eigenvalue weighted by Crippen LogP contribution is 2.27. The Bertz CT molecular complexity index is 350. The zero-order valence-electron chi connectivity index (χ0n) is 5.54. The highest BCUT2D eigenvalue weighted by molar-refractivity contribution is 9.11. The maximum Gasteiger partial charge on any atom is 0.241 e. The van der Waals surface area contributed by atoms with Crippen molar-refractivity contribution in [3.63, 3.8) is 0 Å². The molecule has 0 aliphatic carbocycles. The molecule has 0 aliphatic rings. The average molecular weight is 257 g/mol. The number of aromatic nitrogens is 1. The van der Waals surface area contributed by atoms with Crippen LogP contribution in [0.2, 0.25) is 0 Å². The van der Waals surface area contributed by atoms with Crippen molar-refractivity contribution < 1.29 is 8.42 Å². The van der Waals surface area contributed by atoms with Gasteiger partial charge in [-0.25, -0.2) is 13.6 Å². The lowest BCUT2D eigenvalue weighted by atomic mass is 10.5. The van der Waals surface area contributed by atoms with E-state index in [1.54, 1.807) is 6.92 Å². The fourth-order valence-corrected chi connectivity index (χ4v) is 3.57. The van der Waals surface area contributed by atoms with Crippen molar-refractivity contribution in [3.8, 4) is 0 Å². The summed E-state index contributed by atoms with van der Waals surface area (Å²) in [6, 6.07) is 0. The van der Waals surface area contributed by atoms with Crippen molar-refractivity contribution in [1.82, 2.24) is 4.37 Å². The van der Waals surface area contributed by atoms with E-state index in [4.69, 9.17) is 5.14 Å². The van der Waals surface area contributed by atoms with Crippen LogP contribution in [0.25, 0.3) is 0 Å². The first-order valence-electron chi connectivity index (χ1n) is 2.57. The predicted octanol–water partition coefficient (Wildman–Crippen LogP) is 0.861. The molecular weight excluding hydrogens is 252 g/mol. The molecule has 0 unspecified atom stereocenters. The minimum atomic E-state index is -3.62. The first-order chi connectivity index (χ1) is 4.93. The van der Waals surface area contributed by atoms with Crippen LogP contribution < -0.4 is 5.14 Å². The van der Waals surface area contributed by atoms with E-state index in [0.29, 0.717) is 9.48 Å². The molecule has 1 aromatic rings. The van der Waals surface area contributed by atoms with Gasteiger partial charge in [0, 0.05) is 0 Å². The average Bonchev–Trinajstić information content (AvgIpc) is 2.08. The van der Waals surface area contributed by atoms with Crippen LogP contribution in [-0.4, -0.2) is 12.8 Å². The van der Waals surface area contributed by atoms with Crippen LogP contribution in [0.4, 0.5) is 0 Å².